The van der Waals surface area contributed by atoms with Gasteiger partial charge in [-0.1, -0.05) is 12.1 Å². The molecule has 0 fully saturated rings. The standard InChI is InChI=1S/C14H15N3O2/c1-9-5-6-10(2)12(8-9)16-13-11(14(18)17-19)4-3-7-15-13/h3-8,19H,1-2H3,(H,15,16)(H,17,18). The Balaban J connectivity index is 2.38. The number of aromatic nitrogens is 1. The highest BCUT2D eigenvalue weighted by Gasteiger charge is 2.12. The van der Waals surface area contributed by atoms with Crippen molar-refractivity contribution in [3.63, 3.8) is 0 Å². The number of benzene rings is 1. The van der Waals surface area contributed by atoms with Crippen LogP contribution in [0.15, 0.2) is 36.5 Å². The SMILES string of the molecule is Cc1ccc(C)c(Nc2ncccc2C(=O)NO)c1. The Morgan fingerprint density at radius 2 is 2.05 bits per heavy atom. The second kappa shape index (κ2) is 5.49. The van der Waals surface area contributed by atoms with E-state index in [4.69, 9.17) is 5.21 Å². The molecule has 1 aromatic carbocycles. The van der Waals surface area contributed by atoms with E-state index in [1.54, 1.807) is 23.8 Å². The third-order valence-corrected chi connectivity index (χ3v) is 2.80. The average molecular weight is 257 g/mol. The molecule has 0 radical (unpaired) electrons. The largest absolute Gasteiger partial charge is 0.339 e. The van der Waals surface area contributed by atoms with Gasteiger partial charge in [-0.2, -0.15) is 0 Å². The smallest absolute Gasteiger partial charge is 0.278 e. The molecule has 19 heavy (non-hydrogen) atoms. The molecule has 0 atom stereocenters. The predicted molar refractivity (Wildman–Crippen MR) is 72.7 cm³/mol. The molecule has 0 aliphatic rings. The summed E-state index contributed by atoms with van der Waals surface area (Å²) in [7, 11) is 0. The fourth-order valence-corrected chi connectivity index (χ4v) is 1.75. The monoisotopic (exact) mass is 257 g/mol. The number of hydrogen-bond acceptors (Lipinski definition) is 4. The van der Waals surface area contributed by atoms with E-state index in [0.717, 1.165) is 16.8 Å². The molecule has 0 aliphatic carbocycles. The normalized spacial score (nSPS) is 10.1. The van der Waals surface area contributed by atoms with Gasteiger partial charge in [-0.25, -0.2) is 10.5 Å². The van der Waals surface area contributed by atoms with Crippen LogP contribution in [0.5, 0.6) is 0 Å². The Hall–Kier alpha value is -2.40. The number of hydrogen-bond donors (Lipinski definition) is 3. The van der Waals surface area contributed by atoms with Crippen LogP contribution in [0, 0.1) is 13.8 Å². The molecule has 2 rings (SSSR count). The molecule has 1 heterocycles. The Kier molecular flexibility index (Phi) is 3.77. The first-order chi connectivity index (χ1) is 9.11. The molecule has 5 nitrogen and oxygen atoms in total. The Labute approximate surface area is 111 Å². The number of pyridine rings is 1. The Morgan fingerprint density at radius 1 is 1.26 bits per heavy atom. The Bertz CT molecular complexity index is 611. The molecule has 1 aromatic heterocycles. The third-order valence-electron chi connectivity index (χ3n) is 2.80. The predicted octanol–water partition coefficient (Wildman–Crippen LogP) is 2.56. The maximum atomic E-state index is 11.5. The van der Waals surface area contributed by atoms with Gasteiger partial charge in [0.05, 0.1) is 5.56 Å². The van der Waals surface area contributed by atoms with Crippen LogP contribution in [0.3, 0.4) is 0 Å². The van der Waals surface area contributed by atoms with Gasteiger partial charge in [0.15, 0.2) is 0 Å². The van der Waals surface area contributed by atoms with Crippen LogP contribution in [0.2, 0.25) is 0 Å². The van der Waals surface area contributed by atoms with Crippen molar-refractivity contribution in [1.29, 1.82) is 0 Å². The van der Waals surface area contributed by atoms with Crippen LogP contribution in [0.25, 0.3) is 0 Å². The molecule has 0 saturated carbocycles. The maximum Gasteiger partial charge on any atom is 0.278 e. The van der Waals surface area contributed by atoms with E-state index in [9.17, 15) is 4.79 Å². The molecule has 0 unspecified atom stereocenters. The van der Waals surface area contributed by atoms with Gasteiger partial charge in [-0.05, 0) is 43.2 Å². The van der Waals surface area contributed by atoms with Gasteiger partial charge in [0, 0.05) is 11.9 Å². The topological polar surface area (TPSA) is 74.2 Å². The molecular formula is C14H15N3O2. The van der Waals surface area contributed by atoms with E-state index in [1.807, 2.05) is 32.0 Å². The first-order valence-electron chi connectivity index (χ1n) is 5.85. The number of carbonyl (C=O) groups excluding carboxylic acids is 1. The zero-order valence-corrected chi connectivity index (χ0v) is 10.8. The molecule has 5 heteroatoms. The highest BCUT2D eigenvalue weighted by atomic mass is 16.5. The number of amides is 1. The quantitative estimate of drug-likeness (QED) is 0.583. The Morgan fingerprint density at radius 3 is 2.79 bits per heavy atom. The summed E-state index contributed by atoms with van der Waals surface area (Å²) in [4.78, 5) is 15.7. The molecule has 1 amide bonds. The van der Waals surface area contributed by atoms with Crippen molar-refractivity contribution in [3.8, 4) is 0 Å². The van der Waals surface area contributed by atoms with Crippen LogP contribution in [0.4, 0.5) is 11.5 Å². The van der Waals surface area contributed by atoms with E-state index in [0.29, 0.717) is 5.82 Å². The molecule has 0 spiro atoms. The lowest BCUT2D eigenvalue weighted by molar-refractivity contribution is 0.0707. The number of aryl methyl sites for hydroxylation is 2. The summed E-state index contributed by atoms with van der Waals surface area (Å²) >= 11 is 0. The molecule has 0 saturated heterocycles. The summed E-state index contributed by atoms with van der Waals surface area (Å²) in [6.07, 6.45) is 1.58. The van der Waals surface area contributed by atoms with E-state index < -0.39 is 5.91 Å². The van der Waals surface area contributed by atoms with Gasteiger partial charge < -0.3 is 5.32 Å². The minimum atomic E-state index is -0.596. The minimum absolute atomic E-state index is 0.283. The first-order valence-corrected chi connectivity index (χ1v) is 5.85. The molecular weight excluding hydrogens is 242 g/mol. The fourth-order valence-electron chi connectivity index (χ4n) is 1.75. The summed E-state index contributed by atoms with van der Waals surface area (Å²) < 4.78 is 0. The lowest BCUT2D eigenvalue weighted by Gasteiger charge is -2.12. The summed E-state index contributed by atoms with van der Waals surface area (Å²) in [6, 6.07) is 9.21. The highest BCUT2D eigenvalue weighted by Crippen LogP contribution is 2.22. The first kappa shape index (κ1) is 13.0. The van der Waals surface area contributed by atoms with Crippen LogP contribution < -0.4 is 10.8 Å². The maximum absolute atomic E-state index is 11.5. The number of nitrogens with zero attached hydrogens (tertiary/aromatic N) is 1. The molecule has 0 aliphatic heterocycles. The number of rotatable bonds is 3. The van der Waals surface area contributed by atoms with Crippen LogP contribution >= 0.6 is 0 Å². The number of anilines is 2. The van der Waals surface area contributed by atoms with Crippen LogP contribution in [-0.4, -0.2) is 16.1 Å². The summed E-state index contributed by atoms with van der Waals surface area (Å²) in [5.74, 6) is -0.191. The van der Waals surface area contributed by atoms with Gasteiger partial charge in [-0.3, -0.25) is 10.0 Å². The van der Waals surface area contributed by atoms with Gasteiger partial charge in [0.25, 0.3) is 5.91 Å². The molecule has 3 N–H and O–H groups in total. The third kappa shape index (κ3) is 2.89. The van der Waals surface area contributed by atoms with Crippen LogP contribution in [-0.2, 0) is 0 Å². The van der Waals surface area contributed by atoms with Crippen LogP contribution in [0.1, 0.15) is 21.5 Å². The minimum Gasteiger partial charge on any atom is -0.339 e. The number of nitrogens with one attached hydrogen (secondary N) is 2. The van der Waals surface area contributed by atoms with E-state index in [2.05, 4.69) is 10.3 Å². The van der Waals surface area contributed by atoms with Crippen molar-refractivity contribution in [1.82, 2.24) is 10.5 Å². The van der Waals surface area contributed by atoms with E-state index >= 15 is 0 Å². The van der Waals surface area contributed by atoms with Crippen molar-refractivity contribution in [2.24, 2.45) is 0 Å². The number of carbonyl (C=O) groups is 1. The lowest BCUT2D eigenvalue weighted by Crippen LogP contribution is -2.20. The van der Waals surface area contributed by atoms with E-state index in [-0.39, 0.29) is 5.56 Å². The lowest BCUT2D eigenvalue weighted by atomic mass is 10.1. The number of hydroxylamine groups is 1. The van der Waals surface area contributed by atoms with Gasteiger partial charge in [-0.15, -0.1) is 0 Å². The average Bonchev–Trinajstić information content (AvgIpc) is 2.42. The van der Waals surface area contributed by atoms with Crippen molar-refractivity contribution in [2.45, 2.75) is 13.8 Å². The van der Waals surface area contributed by atoms with Gasteiger partial charge in [0.1, 0.15) is 5.82 Å². The van der Waals surface area contributed by atoms with Crippen molar-refractivity contribution >= 4 is 17.4 Å². The molecule has 98 valence electrons. The van der Waals surface area contributed by atoms with Gasteiger partial charge in [0.2, 0.25) is 0 Å². The summed E-state index contributed by atoms with van der Waals surface area (Å²) in [5.41, 5.74) is 4.93. The summed E-state index contributed by atoms with van der Waals surface area (Å²) in [6.45, 7) is 3.96. The van der Waals surface area contributed by atoms with Crippen molar-refractivity contribution < 1.29 is 10.0 Å². The zero-order chi connectivity index (χ0) is 13.8. The molecule has 2 aromatic rings. The van der Waals surface area contributed by atoms with Gasteiger partial charge >= 0.3 is 0 Å². The highest BCUT2D eigenvalue weighted by molar-refractivity contribution is 5.98. The summed E-state index contributed by atoms with van der Waals surface area (Å²) in [5, 5.41) is 11.8. The van der Waals surface area contributed by atoms with Crippen molar-refractivity contribution in [3.05, 3.63) is 53.2 Å². The van der Waals surface area contributed by atoms with Crippen molar-refractivity contribution in [2.75, 3.05) is 5.32 Å². The fraction of sp³-hybridized carbons (Fsp3) is 0.143. The van der Waals surface area contributed by atoms with E-state index in [1.165, 1.54) is 0 Å². The second-order valence-electron chi connectivity index (χ2n) is 4.28. The molecule has 0 bridgehead atoms. The second-order valence-corrected chi connectivity index (χ2v) is 4.28. The zero-order valence-electron chi connectivity index (χ0n) is 10.8.